The van der Waals surface area contributed by atoms with E-state index in [1.807, 2.05) is 0 Å². The Morgan fingerprint density at radius 3 is 2.07 bits per heavy atom. The van der Waals surface area contributed by atoms with Crippen LogP contribution in [-0.2, 0) is 0 Å². The van der Waals surface area contributed by atoms with Gasteiger partial charge in [-0.2, -0.15) is 26.3 Å². The van der Waals surface area contributed by atoms with Gasteiger partial charge in [-0.05, 0) is 44.8 Å². The molecule has 0 N–H and O–H groups in total. The number of hydrogen-bond donors (Lipinski definition) is 0. The van der Waals surface area contributed by atoms with Crippen LogP contribution in [0.1, 0.15) is 40.5 Å². The summed E-state index contributed by atoms with van der Waals surface area (Å²) in [5.41, 5.74) is -4.53. The molecule has 0 aromatic heterocycles. The van der Waals surface area contributed by atoms with Crippen molar-refractivity contribution in [3.8, 4) is 0 Å². The highest BCUT2D eigenvalue weighted by Crippen LogP contribution is 2.60. The third-order valence-electron chi connectivity index (χ3n) is 4.13. The molecular weight excluding hydrogens is 366 g/mol. The summed E-state index contributed by atoms with van der Waals surface area (Å²) >= 11 is 0. The molecule has 0 aromatic carbocycles. The van der Waals surface area contributed by atoms with Gasteiger partial charge in [-0.1, -0.05) is 66.7 Å². The summed E-state index contributed by atoms with van der Waals surface area (Å²) in [5.74, 6) is 0. The van der Waals surface area contributed by atoms with Gasteiger partial charge in [0.1, 0.15) is 0 Å². The quantitative estimate of drug-likeness (QED) is 0.332. The van der Waals surface area contributed by atoms with E-state index < -0.39 is 28.9 Å². The molecule has 1 rings (SSSR count). The van der Waals surface area contributed by atoms with Crippen molar-refractivity contribution in [2.24, 2.45) is 5.41 Å². The molecule has 0 fully saturated rings. The van der Waals surface area contributed by atoms with Gasteiger partial charge in [-0.15, -0.1) is 0 Å². The summed E-state index contributed by atoms with van der Waals surface area (Å²) in [4.78, 5) is 0. The SMILES string of the molecule is CC/C=C\C(=C/C=C(C)C)C(C1=CC=C(C)CC=C1)(C(F)(F)F)C(F)(F)F. The lowest BCUT2D eigenvalue weighted by Crippen LogP contribution is -2.52. The van der Waals surface area contributed by atoms with Crippen LogP contribution in [0.4, 0.5) is 26.3 Å². The molecule has 0 aliphatic heterocycles. The lowest BCUT2D eigenvalue weighted by atomic mass is 9.71. The maximum Gasteiger partial charge on any atom is 0.411 e. The Labute approximate surface area is 156 Å². The second kappa shape index (κ2) is 8.81. The first-order valence-corrected chi connectivity index (χ1v) is 8.58. The molecule has 0 atom stereocenters. The fourth-order valence-electron chi connectivity index (χ4n) is 2.77. The molecule has 0 heterocycles. The van der Waals surface area contributed by atoms with Crippen LogP contribution in [0.3, 0.4) is 0 Å². The Hall–Kier alpha value is -1.98. The normalized spacial score (nSPS) is 16.9. The van der Waals surface area contributed by atoms with Gasteiger partial charge in [0.05, 0.1) is 0 Å². The topological polar surface area (TPSA) is 0 Å². The van der Waals surface area contributed by atoms with Gasteiger partial charge in [0.15, 0.2) is 0 Å². The van der Waals surface area contributed by atoms with E-state index in [4.69, 9.17) is 0 Å². The molecule has 0 radical (unpaired) electrons. The first kappa shape index (κ1) is 23.1. The number of halogens is 6. The van der Waals surface area contributed by atoms with E-state index >= 15 is 0 Å². The molecule has 0 spiro atoms. The van der Waals surface area contributed by atoms with E-state index in [1.165, 1.54) is 24.3 Å². The molecule has 27 heavy (non-hydrogen) atoms. The largest absolute Gasteiger partial charge is 0.411 e. The Balaban J connectivity index is 3.99. The van der Waals surface area contributed by atoms with Gasteiger partial charge < -0.3 is 0 Å². The average molecular weight is 390 g/mol. The molecule has 0 saturated heterocycles. The molecule has 1 aliphatic rings. The zero-order chi connectivity index (χ0) is 20.9. The number of allylic oxidation sites excluding steroid dienone is 12. The first-order chi connectivity index (χ1) is 12.4. The van der Waals surface area contributed by atoms with Crippen molar-refractivity contribution in [3.05, 3.63) is 70.9 Å². The van der Waals surface area contributed by atoms with Crippen LogP contribution in [0.25, 0.3) is 0 Å². The van der Waals surface area contributed by atoms with Gasteiger partial charge in [0, 0.05) is 0 Å². The van der Waals surface area contributed by atoms with Crippen LogP contribution in [-0.4, -0.2) is 12.4 Å². The highest BCUT2D eigenvalue weighted by Gasteiger charge is 2.73. The molecule has 1 aliphatic carbocycles. The van der Waals surface area contributed by atoms with Gasteiger partial charge in [-0.25, -0.2) is 0 Å². The summed E-state index contributed by atoms with van der Waals surface area (Å²) in [5, 5.41) is 0. The summed E-state index contributed by atoms with van der Waals surface area (Å²) in [6, 6.07) is 0. The summed E-state index contributed by atoms with van der Waals surface area (Å²) in [6.45, 7) is 6.52. The van der Waals surface area contributed by atoms with Crippen LogP contribution in [0.2, 0.25) is 0 Å². The zero-order valence-electron chi connectivity index (χ0n) is 15.8. The highest BCUT2D eigenvalue weighted by molar-refractivity contribution is 5.49. The van der Waals surface area contributed by atoms with Crippen LogP contribution in [0.15, 0.2) is 70.9 Å². The van der Waals surface area contributed by atoms with Crippen molar-refractivity contribution in [3.63, 3.8) is 0 Å². The minimum Gasteiger partial charge on any atom is -0.169 e. The second-order valence-corrected chi connectivity index (χ2v) is 6.66. The third-order valence-corrected chi connectivity index (χ3v) is 4.13. The Bertz CT molecular complexity index is 688. The van der Waals surface area contributed by atoms with E-state index in [0.29, 0.717) is 24.0 Å². The molecular formula is C21H24F6. The summed E-state index contributed by atoms with van der Waals surface area (Å²) < 4.78 is 85.1. The predicted octanol–water partition coefficient (Wildman–Crippen LogP) is 7.79. The third kappa shape index (κ3) is 5.05. The van der Waals surface area contributed by atoms with Crippen LogP contribution in [0.5, 0.6) is 0 Å². The maximum absolute atomic E-state index is 14.2. The van der Waals surface area contributed by atoms with Crippen molar-refractivity contribution in [1.82, 2.24) is 0 Å². The molecule has 6 heteroatoms. The molecule has 0 saturated carbocycles. The van der Waals surface area contributed by atoms with E-state index in [0.717, 1.165) is 24.3 Å². The lowest BCUT2D eigenvalue weighted by molar-refractivity contribution is -0.308. The molecule has 0 amide bonds. The van der Waals surface area contributed by atoms with Gasteiger partial charge in [0.25, 0.3) is 0 Å². The highest BCUT2D eigenvalue weighted by atomic mass is 19.4. The number of rotatable bonds is 5. The van der Waals surface area contributed by atoms with Gasteiger partial charge in [0.2, 0.25) is 5.41 Å². The number of alkyl halides is 6. The van der Waals surface area contributed by atoms with Gasteiger partial charge in [-0.3, -0.25) is 0 Å². The minimum absolute atomic E-state index is 0.295. The van der Waals surface area contributed by atoms with Crippen molar-refractivity contribution in [2.75, 3.05) is 0 Å². The Morgan fingerprint density at radius 1 is 1.00 bits per heavy atom. The number of hydrogen-bond acceptors (Lipinski definition) is 0. The van der Waals surface area contributed by atoms with Crippen LogP contribution in [0, 0.1) is 5.41 Å². The van der Waals surface area contributed by atoms with E-state index in [2.05, 4.69) is 0 Å². The second-order valence-electron chi connectivity index (χ2n) is 6.66. The Kier molecular flexibility index (Phi) is 7.52. The van der Waals surface area contributed by atoms with E-state index in [1.54, 1.807) is 27.7 Å². The van der Waals surface area contributed by atoms with Crippen molar-refractivity contribution in [1.29, 1.82) is 0 Å². The first-order valence-electron chi connectivity index (χ1n) is 8.58. The van der Waals surface area contributed by atoms with E-state index in [9.17, 15) is 26.3 Å². The Morgan fingerprint density at radius 2 is 1.59 bits per heavy atom. The predicted molar refractivity (Wildman–Crippen MR) is 97.1 cm³/mol. The van der Waals surface area contributed by atoms with Crippen molar-refractivity contribution in [2.45, 2.75) is 52.9 Å². The van der Waals surface area contributed by atoms with Crippen molar-refractivity contribution >= 4 is 0 Å². The fourth-order valence-corrected chi connectivity index (χ4v) is 2.77. The minimum atomic E-state index is -5.58. The molecule has 0 unspecified atom stereocenters. The van der Waals surface area contributed by atoms with E-state index in [-0.39, 0.29) is 0 Å². The maximum atomic E-state index is 14.2. The molecule has 0 nitrogen and oxygen atoms in total. The average Bonchev–Trinajstić information content (AvgIpc) is 2.72. The fraction of sp³-hybridized carbons (Fsp3) is 0.429. The summed E-state index contributed by atoms with van der Waals surface area (Å²) in [6.07, 6.45) is -1.63. The molecule has 0 bridgehead atoms. The van der Waals surface area contributed by atoms with Gasteiger partial charge >= 0.3 is 12.4 Å². The monoisotopic (exact) mass is 390 g/mol. The molecule has 150 valence electrons. The smallest absolute Gasteiger partial charge is 0.169 e. The zero-order valence-corrected chi connectivity index (χ0v) is 15.8. The van der Waals surface area contributed by atoms with Crippen LogP contribution < -0.4 is 0 Å². The summed E-state index contributed by atoms with van der Waals surface area (Å²) in [7, 11) is 0. The molecule has 0 aromatic rings. The van der Waals surface area contributed by atoms with Crippen molar-refractivity contribution < 1.29 is 26.3 Å². The van der Waals surface area contributed by atoms with Crippen LogP contribution >= 0.6 is 0 Å². The lowest BCUT2D eigenvalue weighted by Gasteiger charge is -2.39. The standard InChI is InChI=1S/C21H24F6/c1-5-6-9-17(13-11-15(2)3)19(20(22,23)24,21(25,26)27)18-10-7-8-16(4)12-14-18/h6-7,9-14H,5,8H2,1-4H3/b9-6-,17-13+.